The zero-order valence-corrected chi connectivity index (χ0v) is 8.00. The van der Waals surface area contributed by atoms with E-state index in [1.807, 2.05) is 13.0 Å². The predicted octanol–water partition coefficient (Wildman–Crippen LogP) is 2.00. The standard InChI is InChI=1S/C11H14O2/c1-3-9-4-5-11(13)10(6-7-12)8(9)2/h4-5,7,13H,3,6H2,1-2H3. The second kappa shape index (κ2) is 4.08. The Morgan fingerprint density at radius 3 is 2.69 bits per heavy atom. The number of hydrogen-bond acceptors (Lipinski definition) is 2. The summed E-state index contributed by atoms with van der Waals surface area (Å²) in [6, 6.07) is 3.56. The molecule has 1 aromatic carbocycles. The number of rotatable bonds is 3. The van der Waals surface area contributed by atoms with Gasteiger partial charge in [-0.1, -0.05) is 13.0 Å². The van der Waals surface area contributed by atoms with Crippen LogP contribution in [0.25, 0.3) is 0 Å². The van der Waals surface area contributed by atoms with Gasteiger partial charge in [0.25, 0.3) is 0 Å². The molecule has 0 aliphatic carbocycles. The molecule has 0 radical (unpaired) electrons. The lowest BCUT2D eigenvalue weighted by Gasteiger charge is -2.09. The maximum atomic E-state index is 10.4. The molecule has 1 aromatic rings. The van der Waals surface area contributed by atoms with E-state index in [9.17, 15) is 9.90 Å². The highest BCUT2D eigenvalue weighted by Gasteiger charge is 2.07. The molecule has 0 aliphatic rings. The van der Waals surface area contributed by atoms with Gasteiger partial charge in [-0.2, -0.15) is 0 Å². The van der Waals surface area contributed by atoms with E-state index in [1.54, 1.807) is 6.07 Å². The van der Waals surface area contributed by atoms with E-state index in [4.69, 9.17) is 0 Å². The van der Waals surface area contributed by atoms with Crippen molar-refractivity contribution in [2.75, 3.05) is 0 Å². The van der Waals surface area contributed by atoms with Crippen LogP contribution in [0.4, 0.5) is 0 Å². The molecule has 1 N–H and O–H groups in total. The zero-order valence-electron chi connectivity index (χ0n) is 8.00. The van der Waals surface area contributed by atoms with Gasteiger partial charge in [0.1, 0.15) is 12.0 Å². The zero-order chi connectivity index (χ0) is 9.84. The highest BCUT2D eigenvalue weighted by atomic mass is 16.3. The Kier molecular flexibility index (Phi) is 3.07. The Morgan fingerprint density at radius 1 is 1.46 bits per heavy atom. The maximum absolute atomic E-state index is 10.4. The van der Waals surface area contributed by atoms with Crippen molar-refractivity contribution in [3.8, 4) is 5.75 Å². The molecule has 0 spiro atoms. The molecular formula is C11H14O2. The summed E-state index contributed by atoms with van der Waals surface area (Å²) in [7, 11) is 0. The average Bonchev–Trinajstić information content (AvgIpc) is 2.12. The highest BCUT2D eigenvalue weighted by molar-refractivity contribution is 5.60. The quantitative estimate of drug-likeness (QED) is 0.719. The maximum Gasteiger partial charge on any atom is 0.124 e. The van der Waals surface area contributed by atoms with Crippen molar-refractivity contribution in [2.24, 2.45) is 0 Å². The smallest absolute Gasteiger partial charge is 0.124 e. The van der Waals surface area contributed by atoms with Crippen LogP contribution in [0.3, 0.4) is 0 Å². The van der Waals surface area contributed by atoms with Gasteiger partial charge in [-0.25, -0.2) is 0 Å². The van der Waals surface area contributed by atoms with Crippen LogP contribution in [-0.4, -0.2) is 11.4 Å². The van der Waals surface area contributed by atoms with Gasteiger partial charge in [0.05, 0.1) is 0 Å². The number of phenols is 1. The number of carbonyl (C=O) groups is 1. The van der Waals surface area contributed by atoms with Gasteiger partial charge in [-0.3, -0.25) is 0 Å². The monoisotopic (exact) mass is 178 g/mol. The Bertz CT molecular complexity index is 316. The van der Waals surface area contributed by atoms with Crippen molar-refractivity contribution in [3.05, 3.63) is 28.8 Å². The molecule has 0 fully saturated rings. The Morgan fingerprint density at radius 2 is 2.15 bits per heavy atom. The number of benzene rings is 1. The first-order valence-corrected chi connectivity index (χ1v) is 4.44. The molecule has 13 heavy (non-hydrogen) atoms. The van der Waals surface area contributed by atoms with E-state index < -0.39 is 0 Å². The summed E-state index contributed by atoms with van der Waals surface area (Å²) in [6.45, 7) is 4.00. The molecule has 2 nitrogen and oxygen atoms in total. The molecule has 0 saturated heterocycles. The summed E-state index contributed by atoms with van der Waals surface area (Å²) in [5, 5.41) is 9.48. The minimum Gasteiger partial charge on any atom is -0.508 e. The van der Waals surface area contributed by atoms with Crippen LogP contribution >= 0.6 is 0 Å². The molecular weight excluding hydrogens is 164 g/mol. The number of aryl methyl sites for hydroxylation is 1. The molecule has 2 heteroatoms. The first kappa shape index (κ1) is 9.78. The van der Waals surface area contributed by atoms with Crippen LogP contribution in [-0.2, 0) is 17.6 Å². The largest absolute Gasteiger partial charge is 0.508 e. The lowest BCUT2D eigenvalue weighted by molar-refractivity contribution is -0.107. The third kappa shape index (κ3) is 1.89. The molecule has 0 aromatic heterocycles. The highest BCUT2D eigenvalue weighted by Crippen LogP contribution is 2.24. The van der Waals surface area contributed by atoms with Crippen LogP contribution < -0.4 is 0 Å². The van der Waals surface area contributed by atoms with Crippen LogP contribution in [0.2, 0.25) is 0 Å². The molecule has 0 amide bonds. The fourth-order valence-corrected chi connectivity index (χ4v) is 1.52. The van der Waals surface area contributed by atoms with E-state index in [-0.39, 0.29) is 5.75 Å². The number of aldehydes is 1. The predicted molar refractivity (Wildman–Crippen MR) is 52.0 cm³/mol. The van der Waals surface area contributed by atoms with Gasteiger partial charge in [-0.15, -0.1) is 0 Å². The van der Waals surface area contributed by atoms with Crippen LogP contribution in [0, 0.1) is 6.92 Å². The molecule has 0 saturated carbocycles. The third-order valence-electron chi connectivity index (χ3n) is 2.35. The summed E-state index contributed by atoms with van der Waals surface area (Å²) < 4.78 is 0. The minimum atomic E-state index is 0.224. The SMILES string of the molecule is CCc1ccc(O)c(CC=O)c1C. The third-order valence-corrected chi connectivity index (χ3v) is 2.35. The second-order valence-electron chi connectivity index (χ2n) is 3.07. The van der Waals surface area contributed by atoms with E-state index >= 15 is 0 Å². The van der Waals surface area contributed by atoms with E-state index in [1.165, 1.54) is 5.56 Å². The molecule has 0 heterocycles. The number of phenolic OH excluding ortho intramolecular Hbond substituents is 1. The van der Waals surface area contributed by atoms with Gasteiger partial charge >= 0.3 is 0 Å². The number of aromatic hydroxyl groups is 1. The second-order valence-corrected chi connectivity index (χ2v) is 3.07. The fraction of sp³-hybridized carbons (Fsp3) is 0.364. The van der Waals surface area contributed by atoms with Gasteiger partial charge in [0.15, 0.2) is 0 Å². The lowest BCUT2D eigenvalue weighted by Crippen LogP contribution is -1.96. The first-order chi connectivity index (χ1) is 6.20. The van der Waals surface area contributed by atoms with Gasteiger partial charge in [-0.05, 0) is 30.5 Å². The van der Waals surface area contributed by atoms with Crippen molar-refractivity contribution in [1.82, 2.24) is 0 Å². The molecule has 1 rings (SSSR count). The summed E-state index contributed by atoms with van der Waals surface area (Å²) in [5.74, 6) is 0.224. The normalized spacial score (nSPS) is 10.0. The Balaban J connectivity index is 3.20. The lowest BCUT2D eigenvalue weighted by atomic mass is 9.98. The molecule has 0 aliphatic heterocycles. The first-order valence-electron chi connectivity index (χ1n) is 4.44. The number of hydrogen-bond donors (Lipinski definition) is 1. The number of carbonyl (C=O) groups excluding carboxylic acids is 1. The van der Waals surface area contributed by atoms with Crippen LogP contribution in [0.15, 0.2) is 12.1 Å². The van der Waals surface area contributed by atoms with Crippen molar-refractivity contribution < 1.29 is 9.90 Å². The van der Waals surface area contributed by atoms with Crippen molar-refractivity contribution in [3.63, 3.8) is 0 Å². The van der Waals surface area contributed by atoms with Gasteiger partial charge in [0, 0.05) is 12.0 Å². The average molecular weight is 178 g/mol. The van der Waals surface area contributed by atoms with E-state index in [0.29, 0.717) is 6.42 Å². The summed E-state index contributed by atoms with van der Waals surface area (Å²) >= 11 is 0. The summed E-state index contributed by atoms with van der Waals surface area (Å²) in [4.78, 5) is 10.4. The fourth-order valence-electron chi connectivity index (χ4n) is 1.52. The van der Waals surface area contributed by atoms with Crippen molar-refractivity contribution in [2.45, 2.75) is 26.7 Å². The molecule has 0 unspecified atom stereocenters. The molecule has 0 bridgehead atoms. The van der Waals surface area contributed by atoms with Crippen molar-refractivity contribution >= 4 is 6.29 Å². The molecule has 70 valence electrons. The van der Waals surface area contributed by atoms with Gasteiger partial charge in [0.2, 0.25) is 0 Å². The Labute approximate surface area is 78.2 Å². The van der Waals surface area contributed by atoms with Crippen LogP contribution in [0.5, 0.6) is 5.75 Å². The van der Waals surface area contributed by atoms with E-state index in [2.05, 4.69) is 6.92 Å². The topological polar surface area (TPSA) is 37.3 Å². The van der Waals surface area contributed by atoms with Gasteiger partial charge < -0.3 is 9.90 Å². The Hall–Kier alpha value is -1.31. The summed E-state index contributed by atoms with van der Waals surface area (Å²) in [5.41, 5.74) is 2.98. The van der Waals surface area contributed by atoms with Crippen molar-refractivity contribution in [1.29, 1.82) is 0 Å². The molecule has 0 atom stereocenters. The summed E-state index contributed by atoms with van der Waals surface area (Å²) in [6.07, 6.45) is 2.05. The van der Waals surface area contributed by atoms with E-state index in [0.717, 1.165) is 23.8 Å². The minimum absolute atomic E-state index is 0.224. The van der Waals surface area contributed by atoms with Crippen LogP contribution in [0.1, 0.15) is 23.6 Å².